The second-order valence-electron chi connectivity index (χ2n) is 6.28. The number of aromatic nitrogens is 3. The van der Waals surface area contributed by atoms with Crippen LogP contribution in [0.15, 0.2) is 41.1 Å². The standard InChI is InChI=1S/C19H20ClFN4O2/c20-18-17(23-19(24-18)12-6-4-5-7-13(12)21)14(22)8-2-1-3-9-16(26)15-10-11-27-25-15/h4-7,10-11,14H,1-3,8-9,22H2,(H,23,24). The molecule has 0 saturated carbocycles. The lowest BCUT2D eigenvalue weighted by atomic mass is 10.0. The van der Waals surface area contributed by atoms with E-state index in [2.05, 4.69) is 19.6 Å². The highest BCUT2D eigenvalue weighted by Gasteiger charge is 2.17. The summed E-state index contributed by atoms with van der Waals surface area (Å²) in [5.74, 6) is -0.0410. The van der Waals surface area contributed by atoms with Crippen LogP contribution in [-0.4, -0.2) is 20.9 Å². The van der Waals surface area contributed by atoms with Crippen molar-refractivity contribution >= 4 is 17.4 Å². The van der Waals surface area contributed by atoms with Crippen LogP contribution in [0.1, 0.15) is 54.3 Å². The summed E-state index contributed by atoms with van der Waals surface area (Å²) in [6.45, 7) is 0. The van der Waals surface area contributed by atoms with Gasteiger partial charge in [-0.1, -0.05) is 41.7 Å². The molecule has 0 aliphatic heterocycles. The average molecular weight is 391 g/mol. The molecule has 142 valence electrons. The molecule has 0 saturated heterocycles. The number of unbranched alkanes of at least 4 members (excludes halogenated alkanes) is 2. The molecule has 1 unspecified atom stereocenters. The zero-order valence-corrected chi connectivity index (χ0v) is 15.4. The molecule has 3 rings (SSSR count). The van der Waals surface area contributed by atoms with E-state index in [1.807, 2.05) is 0 Å². The monoisotopic (exact) mass is 390 g/mol. The first-order chi connectivity index (χ1) is 13.1. The number of halogens is 2. The molecule has 27 heavy (non-hydrogen) atoms. The lowest BCUT2D eigenvalue weighted by Crippen LogP contribution is -2.11. The average Bonchev–Trinajstić information content (AvgIpc) is 3.31. The Kier molecular flexibility index (Phi) is 6.36. The summed E-state index contributed by atoms with van der Waals surface area (Å²) in [6, 6.07) is 7.57. The van der Waals surface area contributed by atoms with Crippen LogP contribution in [0.4, 0.5) is 4.39 Å². The fourth-order valence-electron chi connectivity index (χ4n) is 2.85. The Morgan fingerprint density at radius 3 is 2.81 bits per heavy atom. The van der Waals surface area contributed by atoms with Gasteiger partial charge in [-0.05, 0) is 25.0 Å². The second kappa shape index (κ2) is 8.92. The zero-order chi connectivity index (χ0) is 19.2. The molecule has 0 radical (unpaired) electrons. The van der Waals surface area contributed by atoms with Crippen LogP contribution in [0.2, 0.25) is 5.15 Å². The van der Waals surface area contributed by atoms with Crippen molar-refractivity contribution in [2.75, 3.05) is 0 Å². The first-order valence-corrected chi connectivity index (χ1v) is 9.13. The van der Waals surface area contributed by atoms with E-state index < -0.39 is 0 Å². The topological polar surface area (TPSA) is 97.8 Å². The minimum Gasteiger partial charge on any atom is -0.364 e. The molecule has 1 atom stereocenters. The van der Waals surface area contributed by atoms with E-state index in [-0.39, 0.29) is 22.8 Å². The number of ketones is 1. The van der Waals surface area contributed by atoms with Crippen molar-refractivity contribution in [1.82, 2.24) is 15.1 Å². The van der Waals surface area contributed by atoms with E-state index in [0.717, 1.165) is 19.3 Å². The van der Waals surface area contributed by atoms with Gasteiger partial charge in [-0.25, -0.2) is 9.37 Å². The molecule has 0 spiro atoms. The number of imidazole rings is 1. The van der Waals surface area contributed by atoms with Crippen LogP contribution in [0, 0.1) is 5.82 Å². The van der Waals surface area contributed by atoms with E-state index in [1.54, 1.807) is 24.3 Å². The van der Waals surface area contributed by atoms with E-state index in [1.165, 1.54) is 12.3 Å². The van der Waals surface area contributed by atoms with Crippen molar-refractivity contribution in [3.05, 3.63) is 59.0 Å². The van der Waals surface area contributed by atoms with Crippen molar-refractivity contribution in [3.8, 4) is 11.4 Å². The number of Topliss-reactive ketones (excluding diaryl/α,β-unsaturated/α-hetero) is 1. The summed E-state index contributed by atoms with van der Waals surface area (Å²) < 4.78 is 18.6. The molecule has 1 aromatic carbocycles. The third-order valence-corrected chi connectivity index (χ3v) is 4.62. The lowest BCUT2D eigenvalue weighted by Gasteiger charge is -2.09. The van der Waals surface area contributed by atoms with Gasteiger partial charge in [-0.15, -0.1) is 0 Å². The number of carbonyl (C=O) groups is 1. The Morgan fingerprint density at radius 2 is 2.07 bits per heavy atom. The van der Waals surface area contributed by atoms with Gasteiger partial charge in [0.05, 0.1) is 11.3 Å². The van der Waals surface area contributed by atoms with Crippen LogP contribution in [0.25, 0.3) is 11.4 Å². The molecular weight excluding hydrogens is 371 g/mol. The SMILES string of the molecule is NC(CCCCCC(=O)c1ccon1)c1[nH]c(-c2ccccc2F)nc1Cl. The number of rotatable bonds is 9. The first kappa shape index (κ1) is 19.3. The number of nitrogens with one attached hydrogen (secondary N) is 1. The summed E-state index contributed by atoms with van der Waals surface area (Å²) in [6.07, 6.45) is 4.91. The predicted molar refractivity (Wildman–Crippen MR) is 99.8 cm³/mol. The number of hydrogen-bond donors (Lipinski definition) is 2. The number of aromatic amines is 1. The third-order valence-electron chi connectivity index (χ3n) is 4.33. The molecule has 6 nitrogen and oxygen atoms in total. The van der Waals surface area contributed by atoms with Crippen LogP contribution in [-0.2, 0) is 0 Å². The molecule has 3 aromatic rings. The molecule has 2 heterocycles. The fraction of sp³-hybridized carbons (Fsp3) is 0.316. The van der Waals surface area contributed by atoms with Gasteiger partial charge < -0.3 is 15.2 Å². The maximum atomic E-state index is 13.9. The molecule has 0 aliphatic rings. The van der Waals surface area contributed by atoms with E-state index >= 15 is 0 Å². The first-order valence-electron chi connectivity index (χ1n) is 8.75. The lowest BCUT2D eigenvalue weighted by molar-refractivity contribution is 0.0970. The van der Waals surface area contributed by atoms with Crippen LogP contribution in [0.3, 0.4) is 0 Å². The van der Waals surface area contributed by atoms with Crippen molar-refractivity contribution in [3.63, 3.8) is 0 Å². The maximum absolute atomic E-state index is 13.9. The quantitative estimate of drug-likeness (QED) is 0.408. The molecule has 8 heteroatoms. The molecule has 0 amide bonds. The summed E-state index contributed by atoms with van der Waals surface area (Å²) in [5.41, 5.74) is 7.51. The number of hydrogen-bond acceptors (Lipinski definition) is 5. The largest absolute Gasteiger partial charge is 0.364 e. The molecular formula is C19H20ClFN4O2. The molecule has 2 aromatic heterocycles. The maximum Gasteiger partial charge on any atom is 0.184 e. The van der Waals surface area contributed by atoms with Gasteiger partial charge in [-0.2, -0.15) is 0 Å². The summed E-state index contributed by atoms with van der Waals surface area (Å²) in [5, 5.41) is 3.88. The van der Waals surface area contributed by atoms with Gasteiger partial charge in [0, 0.05) is 18.5 Å². The Hall–Kier alpha value is -2.51. The highest BCUT2D eigenvalue weighted by Crippen LogP contribution is 2.28. The van der Waals surface area contributed by atoms with Crippen molar-refractivity contribution in [2.24, 2.45) is 5.73 Å². The van der Waals surface area contributed by atoms with E-state index in [9.17, 15) is 9.18 Å². The van der Waals surface area contributed by atoms with E-state index in [4.69, 9.17) is 17.3 Å². The number of carbonyl (C=O) groups excluding carboxylic acids is 1. The summed E-state index contributed by atoms with van der Waals surface area (Å²) in [4.78, 5) is 19.0. The van der Waals surface area contributed by atoms with Gasteiger partial charge >= 0.3 is 0 Å². The highest BCUT2D eigenvalue weighted by atomic mass is 35.5. The van der Waals surface area contributed by atoms with Crippen LogP contribution in [0.5, 0.6) is 0 Å². The fourth-order valence-corrected chi connectivity index (χ4v) is 3.12. The Morgan fingerprint density at radius 1 is 1.26 bits per heavy atom. The van der Waals surface area contributed by atoms with E-state index in [0.29, 0.717) is 35.6 Å². The zero-order valence-electron chi connectivity index (χ0n) is 14.6. The second-order valence-corrected chi connectivity index (χ2v) is 6.64. The van der Waals surface area contributed by atoms with Crippen LogP contribution < -0.4 is 5.73 Å². The Bertz CT molecular complexity index is 895. The van der Waals surface area contributed by atoms with Gasteiger partial charge in [0.1, 0.15) is 23.6 Å². The minimum absolute atomic E-state index is 0.0285. The highest BCUT2D eigenvalue weighted by molar-refractivity contribution is 6.30. The number of benzene rings is 1. The predicted octanol–water partition coefficient (Wildman–Crippen LogP) is 4.69. The molecule has 0 aliphatic carbocycles. The summed E-state index contributed by atoms with van der Waals surface area (Å²) >= 11 is 6.18. The third kappa shape index (κ3) is 4.81. The number of nitrogens with zero attached hydrogens (tertiary/aromatic N) is 2. The van der Waals surface area contributed by atoms with Gasteiger partial charge in [0.2, 0.25) is 0 Å². The molecule has 3 N–H and O–H groups in total. The van der Waals surface area contributed by atoms with Crippen LogP contribution >= 0.6 is 11.6 Å². The number of nitrogens with two attached hydrogens (primary N) is 1. The normalized spacial score (nSPS) is 12.3. The van der Waals surface area contributed by atoms with Gasteiger partial charge in [0.25, 0.3) is 0 Å². The smallest absolute Gasteiger partial charge is 0.184 e. The summed E-state index contributed by atoms with van der Waals surface area (Å²) in [7, 11) is 0. The van der Waals surface area contributed by atoms with Crippen molar-refractivity contribution < 1.29 is 13.7 Å². The molecule has 0 fully saturated rings. The number of H-pyrrole nitrogens is 1. The Balaban J connectivity index is 1.49. The van der Waals surface area contributed by atoms with Crippen molar-refractivity contribution in [1.29, 1.82) is 0 Å². The minimum atomic E-state index is -0.375. The Labute approximate surface area is 160 Å². The van der Waals surface area contributed by atoms with Gasteiger partial charge in [-0.3, -0.25) is 4.79 Å². The molecule has 0 bridgehead atoms. The van der Waals surface area contributed by atoms with Gasteiger partial charge in [0.15, 0.2) is 10.9 Å². The van der Waals surface area contributed by atoms with Crippen molar-refractivity contribution in [2.45, 2.75) is 38.1 Å².